The zero-order valence-electron chi connectivity index (χ0n) is 22.9. The fraction of sp³-hybridized carbons (Fsp3) is 0.536. The normalized spacial score (nSPS) is 24.9. The molecule has 5 heterocycles. The minimum absolute atomic E-state index is 0.0843. The van der Waals surface area contributed by atoms with Gasteiger partial charge in [0.2, 0.25) is 0 Å². The van der Waals surface area contributed by atoms with Crippen LogP contribution in [0.1, 0.15) is 38.2 Å². The number of nitrogens with two attached hydrogens (primary N) is 1. The Morgan fingerprint density at radius 3 is 2.81 bits per heavy atom. The molecule has 3 aromatic rings. The molecule has 6 rings (SSSR count). The van der Waals surface area contributed by atoms with E-state index in [9.17, 15) is 17.6 Å². The number of nitrogen functional groups attached to an aromatic ring is 1. The first-order chi connectivity index (χ1) is 20.0. The first-order valence-corrected chi connectivity index (χ1v) is 14.3. The van der Waals surface area contributed by atoms with Crippen LogP contribution in [0.3, 0.4) is 0 Å². The highest BCUT2D eigenvalue weighted by Gasteiger charge is 2.49. The van der Waals surface area contributed by atoms with Gasteiger partial charge in [0, 0.05) is 37.0 Å². The van der Waals surface area contributed by atoms with Crippen LogP contribution in [0.4, 0.5) is 33.5 Å². The maximum Gasteiger partial charge on any atom is 0.418 e. The van der Waals surface area contributed by atoms with Gasteiger partial charge in [0.1, 0.15) is 29.8 Å². The highest BCUT2D eigenvalue weighted by molar-refractivity contribution is 6.32. The van der Waals surface area contributed by atoms with Crippen molar-refractivity contribution < 1.29 is 31.4 Å². The number of hydrogen-bond donors (Lipinski definition) is 1. The highest BCUT2D eigenvalue weighted by Crippen LogP contribution is 2.44. The molecule has 0 saturated carbocycles. The number of hydrogen-bond acceptors (Lipinski definition) is 8. The van der Waals surface area contributed by atoms with E-state index in [0.717, 1.165) is 31.5 Å². The Balaban J connectivity index is 1.49. The van der Waals surface area contributed by atoms with Crippen LogP contribution in [0.15, 0.2) is 18.3 Å². The molecule has 3 fully saturated rings. The molecule has 42 heavy (non-hydrogen) atoms. The number of anilines is 2. The Morgan fingerprint density at radius 1 is 1.24 bits per heavy atom. The molecule has 0 spiro atoms. The minimum atomic E-state index is -4.90. The van der Waals surface area contributed by atoms with Gasteiger partial charge in [-0.2, -0.15) is 23.1 Å². The second kappa shape index (κ2) is 10.9. The lowest BCUT2D eigenvalue weighted by atomic mass is 9.95. The van der Waals surface area contributed by atoms with Crippen LogP contribution in [0.25, 0.3) is 22.2 Å². The molecule has 3 aliphatic heterocycles. The van der Waals surface area contributed by atoms with Crippen molar-refractivity contribution in [1.29, 1.82) is 0 Å². The molecule has 0 bridgehead atoms. The summed E-state index contributed by atoms with van der Waals surface area (Å²) in [7, 11) is 0. The third-order valence-electron chi connectivity index (χ3n) is 8.50. The smallest absolute Gasteiger partial charge is 0.418 e. The lowest BCUT2D eigenvalue weighted by Gasteiger charge is -2.36. The molecular formula is C28H30ClF5N6O2. The second-order valence-electron chi connectivity index (χ2n) is 11.1. The summed E-state index contributed by atoms with van der Waals surface area (Å²) in [4.78, 5) is 17.1. The van der Waals surface area contributed by atoms with Crippen molar-refractivity contribution in [3.63, 3.8) is 0 Å². The SMILES string of the molecule is CC[C@@H]1COCCN1c1nc(OC[C@@]23CCCN2C[C@H](F)C3)nc2c(F)c(-c3cc(N)cc(Cl)c3C(F)(F)F)ncc12. The van der Waals surface area contributed by atoms with Crippen molar-refractivity contribution in [3.8, 4) is 17.3 Å². The number of halogens is 6. The van der Waals surface area contributed by atoms with Gasteiger partial charge in [0.05, 0.1) is 40.8 Å². The third-order valence-corrected chi connectivity index (χ3v) is 8.79. The van der Waals surface area contributed by atoms with Gasteiger partial charge in [-0.1, -0.05) is 18.5 Å². The topological polar surface area (TPSA) is 89.6 Å². The van der Waals surface area contributed by atoms with E-state index in [1.54, 1.807) is 0 Å². The van der Waals surface area contributed by atoms with Gasteiger partial charge in [0.25, 0.3) is 0 Å². The van der Waals surface area contributed by atoms with E-state index in [4.69, 9.17) is 26.8 Å². The monoisotopic (exact) mass is 612 g/mol. The Labute approximate surface area is 244 Å². The van der Waals surface area contributed by atoms with E-state index < -0.39 is 45.5 Å². The average Bonchev–Trinajstić information content (AvgIpc) is 3.46. The lowest BCUT2D eigenvalue weighted by molar-refractivity contribution is -0.137. The summed E-state index contributed by atoms with van der Waals surface area (Å²) in [6.07, 6.45) is -1.96. The maximum absolute atomic E-state index is 16.3. The first-order valence-electron chi connectivity index (χ1n) is 13.9. The molecule has 0 unspecified atom stereocenters. The van der Waals surface area contributed by atoms with Gasteiger partial charge in [0.15, 0.2) is 5.82 Å². The molecule has 3 saturated heterocycles. The number of nitrogens with zero attached hydrogens (tertiary/aromatic N) is 5. The number of fused-ring (bicyclic) bond motifs is 2. The fourth-order valence-corrected chi connectivity index (χ4v) is 6.85. The third kappa shape index (κ3) is 5.09. The zero-order chi connectivity index (χ0) is 29.8. The summed E-state index contributed by atoms with van der Waals surface area (Å²) in [6.45, 7) is 4.42. The van der Waals surface area contributed by atoms with Crippen molar-refractivity contribution >= 4 is 34.0 Å². The average molecular weight is 613 g/mol. The molecule has 2 aromatic heterocycles. The molecule has 226 valence electrons. The lowest BCUT2D eigenvalue weighted by Crippen LogP contribution is -2.46. The maximum atomic E-state index is 16.3. The minimum Gasteiger partial charge on any atom is -0.461 e. The Kier molecular flexibility index (Phi) is 7.55. The van der Waals surface area contributed by atoms with E-state index in [1.807, 2.05) is 11.8 Å². The van der Waals surface area contributed by atoms with Gasteiger partial charge in [-0.3, -0.25) is 9.88 Å². The van der Waals surface area contributed by atoms with E-state index in [-0.39, 0.29) is 35.2 Å². The predicted octanol–water partition coefficient (Wildman–Crippen LogP) is 5.66. The van der Waals surface area contributed by atoms with E-state index >= 15 is 4.39 Å². The molecule has 1 aromatic carbocycles. The standard InChI is InChI=1S/C28H30ClF5N6O2/c1-2-17-13-41-7-6-40(17)25-19-11-36-23(18-8-16(35)9-20(29)21(18)28(32,33)34)22(31)24(19)37-26(38-25)42-14-27-4-3-5-39(27)12-15(30)10-27/h8-9,11,15,17H,2-7,10,12-14,35H2,1H3/t15-,17-,27+/m1/s1. The van der Waals surface area contributed by atoms with Gasteiger partial charge >= 0.3 is 12.2 Å². The van der Waals surface area contributed by atoms with Crippen LogP contribution in [-0.4, -0.2) is 77.1 Å². The molecular weight excluding hydrogens is 583 g/mol. The predicted molar refractivity (Wildman–Crippen MR) is 148 cm³/mol. The summed E-state index contributed by atoms with van der Waals surface area (Å²) < 4.78 is 84.5. The van der Waals surface area contributed by atoms with Gasteiger partial charge in [-0.25, -0.2) is 8.78 Å². The van der Waals surface area contributed by atoms with Crippen LogP contribution in [0.2, 0.25) is 5.02 Å². The van der Waals surface area contributed by atoms with Crippen molar-refractivity contribution in [2.45, 2.75) is 56.5 Å². The van der Waals surface area contributed by atoms with Crippen LogP contribution in [-0.2, 0) is 10.9 Å². The van der Waals surface area contributed by atoms with Crippen molar-refractivity contribution in [1.82, 2.24) is 19.9 Å². The molecule has 3 atom stereocenters. The van der Waals surface area contributed by atoms with Gasteiger partial charge < -0.3 is 20.1 Å². The Bertz CT molecular complexity index is 1510. The number of benzene rings is 1. The van der Waals surface area contributed by atoms with Crippen molar-refractivity contribution in [2.75, 3.05) is 50.1 Å². The summed E-state index contributed by atoms with van der Waals surface area (Å²) in [5.74, 6) is -0.764. The fourth-order valence-electron chi connectivity index (χ4n) is 6.51. The van der Waals surface area contributed by atoms with Gasteiger partial charge in [-0.15, -0.1) is 0 Å². The van der Waals surface area contributed by atoms with Crippen molar-refractivity contribution in [2.24, 2.45) is 0 Å². The van der Waals surface area contributed by atoms with E-state index in [1.165, 1.54) is 6.20 Å². The molecule has 3 aliphatic rings. The summed E-state index contributed by atoms with van der Waals surface area (Å²) >= 11 is 5.94. The quantitative estimate of drug-likeness (QED) is 0.282. The van der Waals surface area contributed by atoms with E-state index in [0.29, 0.717) is 45.0 Å². The first kappa shape index (κ1) is 29.1. The van der Waals surface area contributed by atoms with Crippen LogP contribution >= 0.6 is 11.6 Å². The molecule has 8 nitrogen and oxygen atoms in total. The van der Waals surface area contributed by atoms with Gasteiger partial charge in [-0.05, 0) is 37.9 Å². The number of pyridine rings is 1. The highest BCUT2D eigenvalue weighted by atomic mass is 35.5. The molecule has 14 heteroatoms. The molecule has 0 radical (unpaired) electrons. The van der Waals surface area contributed by atoms with Crippen LogP contribution < -0.4 is 15.4 Å². The number of ether oxygens (including phenoxy) is 2. The van der Waals surface area contributed by atoms with Crippen LogP contribution in [0.5, 0.6) is 6.01 Å². The zero-order valence-corrected chi connectivity index (χ0v) is 23.6. The number of alkyl halides is 4. The largest absolute Gasteiger partial charge is 0.461 e. The number of aromatic nitrogens is 3. The summed E-state index contributed by atoms with van der Waals surface area (Å²) in [5.41, 5.74) is 2.48. The second-order valence-corrected chi connectivity index (χ2v) is 11.5. The summed E-state index contributed by atoms with van der Waals surface area (Å²) in [6, 6.07) is 1.70. The van der Waals surface area contributed by atoms with Crippen molar-refractivity contribution in [3.05, 3.63) is 34.7 Å². The Morgan fingerprint density at radius 2 is 2.05 bits per heavy atom. The van der Waals surface area contributed by atoms with Crippen LogP contribution in [0, 0.1) is 5.82 Å². The molecule has 0 amide bonds. The molecule has 2 N–H and O–H groups in total. The summed E-state index contributed by atoms with van der Waals surface area (Å²) in [5, 5.41) is -0.466. The van der Waals surface area contributed by atoms with E-state index in [2.05, 4.69) is 19.9 Å². The number of morpholine rings is 1. The number of rotatable bonds is 6. The molecule has 0 aliphatic carbocycles. The Hall–Kier alpha value is -3.03.